The number of nitrogens with zero attached hydrogens (tertiary/aromatic N) is 2. The van der Waals surface area contributed by atoms with E-state index < -0.39 is 16.2 Å². The van der Waals surface area contributed by atoms with E-state index >= 15 is 0 Å². The van der Waals surface area contributed by atoms with Crippen molar-refractivity contribution in [2.45, 2.75) is 25.5 Å². The van der Waals surface area contributed by atoms with Gasteiger partial charge in [0.1, 0.15) is 16.3 Å². The molecule has 6 heteroatoms. The molecule has 0 fully saturated rings. The third kappa shape index (κ3) is 3.12. The number of rotatable bonds is 4. The molecule has 0 amide bonds. The van der Waals surface area contributed by atoms with Crippen LogP contribution in [0.1, 0.15) is 20.3 Å². The van der Waals surface area contributed by atoms with Crippen molar-refractivity contribution in [3.05, 3.63) is 18.2 Å². The van der Waals surface area contributed by atoms with Crippen molar-refractivity contribution in [1.82, 2.24) is 4.98 Å². The van der Waals surface area contributed by atoms with Gasteiger partial charge < -0.3 is 10.2 Å². The van der Waals surface area contributed by atoms with Gasteiger partial charge in [-0.1, -0.05) is 0 Å². The van der Waals surface area contributed by atoms with Gasteiger partial charge in [-0.15, -0.1) is 0 Å². The fraction of sp³-hybridized carbons (Fsp3) is 0.385. The van der Waals surface area contributed by atoms with Crippen LogP contribution in [-0.2, 0) is 10.8 Å². The van der Waals surface area contributed by atoms with Crippen molar-refractivity contribution in [1.29, 1.82) is 5.26 Å². The zero-order valence-corrected chi connectivity index (χ0v) is 11.7. The Balaban J connectivity index is 2.16. The highest BCUT2D eigenvalue weighted by Gasteiger charge is 2.20. The molecular weight excluding hydrogens is 262 g/mol. The summed E-state index contributed by atoms with van der Waals surface area (Å²) in [4.78, 5) is 4.17. The van der Waals surface area contributed by atoms with E-state index in [1.165, 1.54) is 0 Å². The van der Waals surface area contributed by atoms with Crippen LogP contribution in [0.25, 0.3) is 11.1 Å². The summed E-state index contributed by atoms with van der Waals surface area (Å²) in [5.74, 6) is 0.350. The Kier molecular flexibility index (Phi) is 3.58. The molecule has 1 aromatic carbocycles. The lowest BCUT2D eigenvalue weighted by atomic mass is 9.93. The summed E-state index contributed by atoms with van der Waals surface area (Å²) in [5.41, 5.74) is 6.89. The Hall–Kier alpha value is -1.87. The van der Waals surface area contributed by atoms with Crippen LogP contribution in [0.5, 0.6) is 0 Å². The molecule has 1 atom stereocenters. The predicted molar refractivity (Wildman–Crippen MR) is 73.7 cm³/mol. The van der Waals surface area contributed by atoms with Crippen LogP contribution in [-0.4, -0.2) is 14.9 Å². The molecule has 19 heavy (non-hydrogen) atoms. The summed E-state index contributed by atoms with van der Waals surface area (Å²) in [7, 11) is -1.34. The molecule has 0 aliphatic rings. The largest absolute Gasteiger partial charge is 0.430 e. The van der Waals surface area contributed by atoms with Gasteiger partial charge in [0.15, 0.2) is 5.58 Å². The summed E-state index contributed by atoms with van der Waals surface area (Å²) in [5, 5.41) is 9.11. The second kappa shape index (κ2) is 5.02. The minimum Gasteiger partial charge on any atom is -0.430 e. The van der Waals surface area contributed by atoms with Gasteiger partial charge in [0.05, 0.1) is 11.5 Å². The third-order valence-electron chi connectivity index (χ3n) is 2.80. The van der Waals surface area contributed by atoms with E-state index in [-0.39, 0.29) is 5.22 Å². The molecule has 1 heterocycles. The van der Waals surface area contributed by atoms with Crippen LogP contribution in [0, 0.1) is 16.7 Å². The summed E-state index contributed by atoms with van der Waals surface area (Å²) >= 11 is 0. The number of hydrogen-bond donors (Lipinski definition) is 1. The molecule has 0 aliphatic heterocycles. The van der Waals surface area contributed by atoms with E-state index in [0.717, 1.165) is 0 Å². The predicted octanol–water partition coefficient (Wildman–Crippen LogP) is 2.46. The second-order valence-electron chi connectivity index (χ2n) is 5.00. The molecular formula is C13H15N3O2S. The van der Waals surface area contributed by atoms with Crippen LogP contribution in [0.15, 0.2) is 27.8 Å². The Morgan fingerprint density at radius 2 is 2.26 bits per heavy atom. The van der Waals surface area contributed by atoms with Crippen LogP contribution in [0.3, 0.4) is 0 Å². The van der Waals surface area contributed by atoms with Crippen molar-refractivity contribution in [3.63, 3.8) is 0 Å². The third-order valence-corrected chi connectivity index (χ3v) is 3.94. The molecule has 5 nitrogen and oxygen atoms in total. The molecule has 0 saturated carbocycles. The molecule has 1 aromatic heterocycles. The summed E-state index contributed by atoms with van der Waals surface area (Å²) in [6.45, 7) is 3.63. The summed E-state index contributed by atoms with van der Waals surface area (Å²) in [6.07, 6.45) is 0.525. The fourth-order valence-electron chi connectivity index (χ4n) is 1.51. The monoisotopic (exact) mass is 277 g/mol. The molecule has 0 bridgehead atoms. The molecule has 0 radical (unpaired) electrons. The first-order valence-corrected chi connectivity index (χ1v) is 7.19. The number of nitrogen functional groups attached to an aromatic ring is 1. The Bertz CT molecular complexity index is 670. The lowest BCUT2D eigenvalue weighted by molar-refractivity contribution is 0.462. The van der Waals surface area contributed by atoms with Crippen LogP contribution in [0.4, 0.5) is 5.69 Å². The molecule has 2 N–H and O–H groups in total. The highest BCUT2D eigenvalue weighted by Crippen LogP contribution is 2.23. The number of hydrogen-bond acceptors (Lipinski definition) is 5. The molecule has 1 unspecified atom stereocenters. The molecule has 100 valence electrons. The fourth-order valence-corrected chi connectivity index (χ4v) is 2.76. The maximum Gasteiger partial charge on any atom is 0.287 e. The standard InChI is InChI=1S/C13H15N3O2S/c1-13(2,8-14)5-6-19(17)12-16-10-4-3-9(15)7-11(10)18-12/h3-4,7H,5-6,15H2,1-2H3. The van der Waals surface area contributed by atoms with Gasteiger partial charge in [-0.25, -0.2) is 9.19 Å². The van der Waals surface area contributed by atoms with Gasteiger partial charge >= 0.3 is 0 Å². The highest BCUT2D eigenvalue weighted by atomic mass is 32.2. The number of benzene rings is 1. The van der Waals surface area contributed by atoms with Crippen molar-refractivity contribution >= 4 is 27.6 Å². The number of oxazole rings is 1. The van der Waals surface area contributed by atoms with Gasteiger partial charge in [-0.3, -0.25) is 0 Å². The quantitative estimate of drug-likeness (QED) is 0.866. The van der Waals surface area contributed by atoms with Crippen molar-refractivity contribution in [2.24, 2.45) is 5.41 Å². The lowest BCUT2D eigenvalue weighted by Gasteiger charge is -2.12. The average molecular weight is 277 g/mol. The first-order valence-electron chi connectivity index (χ1n) is 5.87. The van der Waals surface area contributed by atoms with Crippen LogP contribution >= 0.6 is 0 Å². The minimum atomic E-state index is -1.34. The zero-order valence-electron chi connectivity index (χ0n) is 10.8. The maximum absolute atomic E-state index is 12.1. The van der Waals surface area contributed by atoms with E-state index in [1.807, 2.05) is 13.8 Å². The van der Waals surface area contributed by atoms with Crippen molar-refractivity contribution in [3.8, 4) is 6.07 Å². The summed E-state index contributed by atoms with van der Waals surface area (Å²) in [6, 6.07) is 7.28. The molecule has 0 saturated heterocycles. The summed E-state index contributed by atoms with van der Waals surface area (Å²) < 4.78 is 17.5. The number of aromatic nitrogens is 1. The van der Waals surface area contributed by atoms with Crippen LogP contribution in [0.2, 0.25) is 0 Å². The minimum absolute atomic E-state index is 0.189. The van der Waals surface area contributed by atoms with Crippen molar-refractivity contribution in [2.75, 3.05) is 11.5 Å². The Morgan fingerprint density at radius 3 is 2.95 bits per heavy atom. The van der Waals surface area contributed by atoms with Gasteiger partial charge in [-0.2, -0.15) is 5.26 Å². The van der Waals surface area contributed by atoms with E-state index in [4.69, 9.17) is 15.4 Å². The molecule has 0 spiro atoms. The van der Waals surface area contributed by atoms with Gasteiger partial charge in [-0.05, 0) is 32.4 Å². The van der Waals surface area contributed by atoms with E-state index in [2.05, 4.69) is 11.1 Å². The Morgan fingerprint density at radius 1 is 1.53 bits per heavy atom. The molecule has 2 rings (SSSR count). The van der Waals surface area contributed by atoms with E-state index in [0.29, 0.717) is 29.0 Å². The van der Waals surface area contributed by atoms with Gasteiger partial charge in [0, 0.05) is 17.5 Å². The van der Waals surface area contributed by atoms with Gasteiger partial charge in [0.25, 0.3) is 5.22 Å². The topological polar surface area (TPSA) is 92.9 Å². The first-order chi connectivity index (χ1) is 8.91. The smallest absolute Gasteiger partial charge is 0.287 e. The SMILES string of the molecule is CC(C)(C#N)CCS(=O)c1nc2ccc(N)cc2o1. The first kappa shape index (κ1) is 13.6. The second-order valence-corrected chi connectivity index (χ2v) is 6.45. The number of nitrogens with two attached hydrogens (primary N) is 1. The number of anilines is 1. The lowest BCUT2D eigenvalue weighted by Crippen LogP contribution is -2.12. The highest BCUT2D eigenvalue weighted by molar-refractivity contribution is 7.84. The van der Waals surface area contributed by atoms with E-state index in [9.17, 15) is 4.21 Å². The Labute approximate surface area is 113 Å². The molecule has 0 aliphatic carbocycles. The molecule has 2 aromatic rings. The number of nitriles is 1. The van der Waals surface area contributed by atoms with E-state index in [1.54, 1.807) is 18.2 Å². The van der Waals surface area contributed by atoms with Crippen LogP contribution < -0.4 is 5.73 Å². The normalized spacial score (nSPS) is 13.3. The maximum atomic E-state index is 12.1. The zero-order chi connectivity index (χ0) is 14.0. The average Bonchev–Trinajstić information content (AvgIpc) is 2.79. The van der Waals surface area contributed by atoms with Gasteiger partial charge in [0.2, 0.25) is 0 Å². The number of fused-ring (bicyclic) bond motifs is 1. The van der Waals surface area contributed by atoms with Crippen molar-refractivity contribution < 1.29 is 8.63 Å².